The van der Waals surface area contributed by atoms with Gasteiger partial charge in [-0.15, -0.1) is 0 Å². The lowest BCUT2D eigenvalue weighted by Crippen LogP contribution is -2.44. The van der Waals surface area contributed by atoms with E-state index >= 15 is 0 Å². The molecule has 1 aromatic heterocycles. The lowest BCUT2D eigenvalue weighted by molar-refractivity contribution is -0.117. The summed E-state index contributed by atoms with van der Waals surface area (Å²) in [5.41, 5.74) is 2.70. The van der Waals surface area contributed by atoms with Crippen LogP contribution in [0.15, 0.2) is 84.9 Å². The van der Waals surface area contributed by atoms with Gasteiger partial charge in [-0.3, -0.25) is 4.79 Å². The molecule has 0 aliphatic heterocycles. The van der Waals surface area contributed by atoms with E-state index in [-0.39, 0.29) is 18.5 Å². The van der Waals surface area contributed by atoms with Crippen molar-refractivity contribution in [3.05, 3.63) is 90.0 Å². The van der Waals surface area contributed by atoms with Crippen LogP contribution in [0.1, 0.15) is 13.8 Å². The number of halogens is 1. The van der Waals surface area contributed by atoms with Crippen molar-refractivity contribution in [2.24, 2.45) is 0 Å². The zero-order valence-corrected chi connectivity index (χ0v) is 21.6. The fraction of sp³-hybridized carbons (Fsp3) is 0.179. The van der Waals surface area contributed by atoms with Gasteiger partial charge in [-0.05, 0) is 38.1 Å². The number of nitrogens with zero attached hydrogens (tertiary/aromatic N) is 3. The topological polar surface area (TPSA) is 88.5 Å². The highest BCUT2D eigenvalue weighted by atomic mass is 35.5. The van der Waals surface area contributed by atoms with E-state index in [4.69, 9.17) is 21.4 Å². The maximum Gasteiger partial charge on any atom is 0.322 e. The van der Waals surface area contributed by atoms with E-state index in [1.807, 2.05) is 68.4 Å². The number of hydrogen-bond acceptors (Lipinski definition) is 4. The summed E-state index contributed by atoms with van der Waals surface area (Å²) in [5.74, 6) is 0.587. The fourth-order valence-electron chi connectivity index (χ4n) is 3.79. The van der Waals surface area contributed by atoms with E-state index in [9.17, 15) is 9.59 Å². The molecule has 8 nitrogen and oxygen atoms in total. The number of amides is 3. The minimum Gasteiger partial charge on any atom is -0.495 e. The number of aromatic nitrogens is 2. The Morgan fingerprint density at radius 1 is 0.973 bits per heavy atom. The second kappa shape index (κ2) is 11.6. The molecule has 0 bridgehead atoms. The van der Waals surface area contributed by atoms with Crippen molar-refractivity contribution in [3.63, 3.8) is 0 Å². The maximum atomic E-state index is 13.2. The molecule has 190 valence electrons. The van der Waals surface area contributed by atoms with Crippen LogP contribution >= 0.6 is 11.6 Å². The summed E-state index contributed by atoms with van der Waals surface area (Å²) in [6.45, 7) is 3.51. The van der Waals surface area contributed by atoms with Crippen molar-refractivity contribution >= 4 is 35.0 Å². The molecule has 9 heteroatoms. The number of nitrogens with one attached hydrogen (secondary N) is 2. The standard InChI is InChI=1S/C28H28ClN5O3/c1-19(2)33(28(36)30-22-14-8-10-16-25(22)37-3)18-27(35)31-26-17-23(20-11-5-4-6-12-20)32-34(26)24-15-9-7-13-21(24)29/h4-17,19H,18H2,1-3H3,(H,30,36)(H,31,35). The van der Waals surface area contributed by atoms with Crippen molar-refractivity contribution in [2.45, 2.75) is 19.9 Å². The summed E-state index contributed by atoms with van der Waals surface area (Å²) >= 11 is 6.45. The molecule has 3 amide bonds. The van der Waals surface area contributed by atoms with Crippen LogP contribution in [0.25, 0.3) is 16.9 Å². The van der Waals surface area contributed by atoms with Crippen molar-refractivity contribution in [1.29, 1.82) is 0 Å². The average Bonchev–Trinajstić information content (AvgIpc) is 3.31. The Morgan fingerprint density at radius 3 is 2.35 bits per heavy atom. The lowest BCUT2D eigenvalue weighted by atomic mass is 10.1. The molecule has 3 aromatic carbocycles. The molecular weight excluding hydrogens is 490 g/mol. The summed E-state index contributed by atoms with van der Waals surface area (Å²) in [6.07, 6.45) is 0. The molecule has 4 rings (SSSR count). The molecule has 0 saturated heterocycles. The largest absolute Gasteiger partial charge is 0.495 e. The van der Waals surface area contributed by atoms with Gasteiger partial charge in [0.2, 0.25) is 5.91 Å². The molecule has 0 saturated carbocycles. The highest BCUT2D eigenvalue weighted by Gasteiger charge is 2.23. The van der Waals surface area contributed by atoms with Gasteiger partial charge < -0.3 is 20.3 Å². The van der Waals surface area contributed by atoms with E-state index in [1.54, 1.807) is 35.0 Å². The van der Waals surface area contributed by atoms with E-state index in [2.05, 4.69) is 10.6 Å². The Bertz CT molecular complexity index is 1390. The predicted octanol–water partition coefficient (Wildman–Crippen LogP) is 6.08. The van der Waals surface area contributed by atoms with Gasteiger partial charge >= 0.3 is 6.03 Å². The van der Waals surface area contributed by atoms with E-state index in [1.165, 1.54) is 12.0 Å². The number of rotatable bonds is 8. The first kappa shape index (κ1) is 25.8. The summed E-state index contributed by atoms with van der Waals surface area (Å²) in [6, 6.07) is 25.1. The summed E-state index contributed by atoms with van der Waals surface area (Å²) in [7, 11) is 1.53. The van der Waals surface area contributed by atoms with Crippen LogP contribution in [0.4, 0.5) is 16.3 Å². The summed E-state index contributed by atoms with van der Waals surface area (Å²) < 4.78 is 6.91. The molecule has 4 aromatic rings. The first-order valence-electron chi connectivity index (χ1n) is 11.8. The average molecular weight is 518 g/mol. The SMILES string of the molecule is COc1ccccc1NC(=O)N(CC(=O)Nc1cc(-c2ccccc2)nn1-c1ccccc1Cl)C(C)C. The van der Waals surface area contributed by atoms with Gasteiger partial charge in [-0.1, -0.05) is 66.2 Å². The number of carbonyl (C=O) groups is 2. The van der Waals surface area contributed by atoms with Crippen molar-refractivity contribution in [1.82, 2.24) is 14.7 Å². The second-order valence-corrected chi connectivity index (χ2v) is 8.95. The molecule has 37 heavy (non-hydrogen) atoms. The van der Waals surface area contributed by atoms with Crippen molar-refractivity contribution in [3.8, 4) is 22.7 Å². The molecule has 0 fully saturated rings. The van der Waals surface area contributed by atoms with Crippen LogP contribution in [0.2, 0.25) is 5.02 Å². The number of ether oxygens (including phenoxy) is 1. The number of hydrogen-bond donors (Lipinski definition) is 2. The highest BCUT2D eigenvalue weighted by Crippen LogP contribution is 2.28. The number of carbonyl (C=O) groups excluding carboxylic acids is 2. The van der Waals surface area contributed by atoms with Crippen molar-refractivity contribution < 1.29 is 14.3 Å². The Kier molecular flexibility index (Phi) is 8.10. The Morgan fingerprint density at radius 2 is 1.65 bits per heavy atom. The molecule has 2 N–H and O–H groups in total. The van der Waals surface area contributed by atoms with Gasteiger partial charge in [-0.25, -0.2) is 9.48 Å². The molecule has 0 radical (unpaired) electrons. The predicted molar refractivity (Wildman–Crippen MR) is 146 cm³/mol. The van der Waals surface area contributed by atoms with Crippen LogP contribution in [0.5, 0.6) is 5.75 Å². The molecule has 1 heterocycles. The van der Waals surface area contributed by atoms with Gasteiger partial charge in [0.25, 0.3) is 0 Å². The van der Waals surface area contributed by atoms with E-state index in [0.717, 1.165) is 5.56 Å². The van der Waals surface area contributed by atoms with Gasteiger partial charge in [0.15, 0.2) is 0 Å². The smallest absolute Gasteiger partial charge is 0.322 e. The van der Waals surface area contributed by atoms with Crippen LogP contribution in [-0.4, -0.2) is 46.3 Å². The van der Waals surface area contributed by atoms with Crippen LogP contribution < -0.4 is 15.4 Å². The first-order valence-corrected chi connectivity index (χ1v) is 12.2. The third-order valence-corrected chi connectivity index (χ3v) is 5.99. The summed E-state index contributed by atoms with van der Waals surface area (Å²) in [4.78, 5) is 27.7. The van der Waals surface area contributed by atoms with Crippen LogP contribution in [0, 0.1) is 0 Å². The quantitative estimate of drug-likeness (QED) is 0.296. The number of urea groups is 1. The third-order valence-electron chi connectivity index (χ3n) is 5.67. The third kappa shape index (κ3) is 6.10. The molecule has 0 aliphatic carbocycles. The lowest BCUT2D eigenvalue weighted by Gasteiger charge is -2.26. The normalized spacial score (nSPS) is 10.7. The number of anilines is 2. The Balaban J connectivity index is 1.58. The minimum atomic E-state index is -0.417. The van der Waals surface area contributed by atoms with Crippen molar-refractivity contribution in [2.75, 3.05) is 24.3 Å². The highest BCUT2D eigenvalue weighted by molar-refractivity contribution is 6.32. The minimum absolute atomic E-state index is 0.174. The first-order chi connectivity index (χ1) is 17.9. The van der Waals surface area contributed by atoms with Gasteiger partial charge in [0, 0.05) is 17.7 Å². The van der Waals surface area contributed by atoms with Gasteiger partial charge in [0.05, 0.1) is 29.2 Å². The zero-order valence-electron chi connectivity index (χ0n) is 20.8. The summed E-state index contributed by atoms with van der Waals surface area (Å²) in [5, 5.41) is 10.9. The molecule has 0 spiro atoms. The molecule has 0 aliphatic rings. The van der Waals surface area contributed by atoms with Gasteiger partial charge in [-0.2, -0.15) is 5.10 Å². The van der Waals surface area contributed by atoms with E-state index in [0.29, 0.717) is 33.7 Å². The maximum absolute atomic E-state index is 13.2. The van der Waals surface area contributed by atoms with Gasteiger partial charge in [0.1, 0.15) is 18.1 Å². The molecule has 0 unspecified atom stereocenters. The zero-order chi connectivity index (χ0) is 26.4. The van der Waals surface area contributed by atoms with E-state index < -0.39 is 6.03 Å². The molecular formula is C28H28ClN5O3. The number of para-hydroxylation sites is 3. The Hall–Kier alpha value is -4.30. The van der Waals surface area contributed by atoms with Crippen LogP contribution in [0.3, 0.4) is 0 Å². The van der Waals surface area contributed by atoms with Crippen LogP contribution in [-0.2, 0) is 4.79 Å². The monoisotopic (exact) mass is 517 g/mol. The number of benzene rings is 3. The fourth-order valence-corrected chi connectivity index (χ4v) is 4.00. The molecule has 0 atom stereocenters. The Labute approximate surface area is 220 Å². The number of methoxy groups -OCH3 is 1. The second-order valence-electron chi connectivity index (χ2n) is 8.54.